The molecular formula is C22H20O. The number of hydrogen-bond acceptors (Lipinski definition) is 1. The van der Waals surface area contributed by atoms with E-state index in [1.165, 1.54) is 10.8 Å². The van der Waals surface area contributed by atoms with Crippen molar-refractivity contribution in [2.75, 3.05) is 6.61 Å². The van der Waals surface area contributed by atoms with E-state index in [1.807, 2.05) is 36.4 Å². The summed E-state index contributed by atoms with van der Waals surface area (Å²) in [6.45, 7) is 0.741. The number of hydrogen-bond donors (Lipinski definition) is 0. The Bertz CT molecular complexity index is 809. The van der Waals surface area contributed by atoms with Crippen LogP contribution in [0.5, 0.6) is 5.75 Å². The molecule has 0 aliphatic rings. The zero-order chi connectivity index (χ0) is 15.7. The van der Waals surface area contributed by atoms with Crippen LogP contribution in [0.3, 0.4) is 0 Å². The Morgan fingerprint density at radius 1 is 0.739 bits per heavy atom. The number of ether oxygens (including phenoxy) is 1. The molecule has 0 aliphatic carbocycles. The molecule has 0 amide bonds. The van der Waals surface area contributed by atoms with Crippen molar-refractivity contribution in [2.45, 2.75) is 19.3 Å². The van der Waals surface area contributed by atoms with Crippen molar-refractivity contribution in [3.8, 4) is 17.6 Å². The van der Waals surface area contributed by atoms with E-state index >= 15 is 0 Å². The summed E-state index contributed by atoms with van der Waals surface area (Å²) in [5.74, 6) is 7.35. The van der Waals surface area contributed by atoms with Gasteiger partial charge in [-0.2, -0.15) is 0 Å². The summed E-state index contributed by atoms with van der Waals surface area (Å²) < 4.78 is 5.83. The lowest BCUT2D eigenvalue weighted by atomic mass is 10.1. The minimum atomic E-state index is 0.741. The fourth-order valence-electron chi connectivity index (χ4n) is 2.45. The summed E-state index contributed by atoms with van der Waals surface area (Å²) in [5.41, 5.74) is 1.08. The van der Waals surface area contributed by atoms with Crippen LogP contribution in [0.2, 0.25) is 0 Å². The van der Waals surface area contributed by atoms with E-state index < -0.39 is 0 Å². The highest BCUT2D eigenvalue weighted by molar-refractivity contribution is 5.83. The van der Waals surface area contributed by atoms with E-state index in [0.29, 0.717) is 0 Å². The second kappa shape index (κ2) is 8.06. The first-order valence-corrected chi connectivity index (χ1v) is 8.07. The molecular weight excluding hydrogens is 280 g/mol. The first-order valence-electron chi connectivity index (χ1n) is 8.07. The molecule has 0 saturated carbocycles. The van der Waals surface area contributed by atoms with Crippen LogP contribution in [0.1, 0.15) is 24.8 Å². The lowest BCUT2D eigenvalue weighted by molar-refractivity contribution is 0.308. The molecule has 0 N–H and O–H groups in total. The fourth-order valence-corrected chi connectivity index (χ4v) is 2.45. The Morgan fingerprint density at radius 2 is 1.52 bits per heavy atom. The average molecular weight is 300 g/mol. The highest BCUT2D eigenvalue weighted by Gasteiger charge is 1.96. The molecule has 114 valence electrons. The molecule has 0 aromatic heterocycles. The van der Waals surface area contributed by atoms with Gasteiger partial charge in [-0.3, -0.25) is 0 Å². The van der Waals surface area contributed by atoms with Crippen molar-refractivity contribution >= 4 is 10.8 Å². The molecule has 0 radical (unpaired) electrons. The van der Waals surface area contributed by atoms with Crippen LogP contribution < -0.4 is 4.74 Å². The van der Waals surface area contributed by atoms with Crippen molar-refractivity contribution in [3.05, 3.63) is 78.4 Å². The van der Waals surface area contributed by atoms with Crippen LogP contribution in [0.15, 0.2) is 72.8 Å². The maximum Gasteiger partial charge on any atom is 0.119 e. The van der Waals surface area contributed by atoms with Crippen molar-refractivity contribution in [1.82, 2.24) is 0 Å². The number of benzene rings is 3. The third kappa shape index (κ3) is 4.63. The van der Waals surface area contributed by atoms with Crippen LogP contribution in [-0.2, 0) is 0 Å². The quantitative estimate of drug-likeness (QED) is 0.450. The molecule has 3 rings (SSSR count). The standard InChI is InChI=1S/C22H20O/c1(4-10-19-11-5-3-6-12-19)2-9-17-23-22-16-15-20-13-7-8-14-21(20)18-22/h3,5-8,11-16,18H,1-2,9,17H2. The van der Waals surface area contributed by atoms with E-state index in [-0.39, 0.29) is 0 Å². The normalized spacial score (nSPS) is 10.1. The summed E-state index contributed by atoms with van der Waals surface area (Å²) in [6, 6.07) is 24.7. The maximum atomic E-state index is 5.83. The summed E-state index contributed by atoms with van der Waals surface area (Å²) in [7, 11) is 0. The Morgan fingerprint density at radius 3 is 2.39 bits per heavy atom. The van der Waals surface area contributed by atoms with Gasteiger partial charge in [0.2, 0.25) is 0 Å². The summed E-state index contributed by atoms with van der Waals surface area (Å²) >= 11 is 0. The van der Waals surface area contributed by atoms with E-state index in [2.05, 4.69) is 48.2 Å². The predicted octanol–water partition coefficient (Wildman–Crippen LogP) is 5.44. The van der Waals surface area contributed by atoms with Gasteiger partial charge in [-0.05, 0) is 47.9 Å². The molecule has 1 heteroatoms. The Kier molecular flexibility index (Phi) is 5.32. The minimum Gasteiger partial charge on any atom is -0.494 e. The largest absolute Gasteiger partial charge is 0.494 e. The van der Waals surface area contributed by atoms with Crippen LogP contribution in [-0.4, -0.2) is 6.61 Å². The van der Waals surface area contributed by atoms with E-state index in [0.717, 1.165) is 37.2 Å². The zero-order valence-electron chi connectivity index (χ0n) is 13.2. The molecule has 23 heavy (non-hydrogen) atoms. The monoisotopic (exact) mass is 300 g/mol. The Hall–Kier alpha value is -2.72. The summed E-state index contributed by atoms with van der Waals surface area (Å²) in [5, 5.41) is 2.47. The predicted molar refractivity (Wildman–Crippen MR) is 96.6 cm³/mol. The van der Waals surface area contributed by atoms with Gasteiger partial charge in [-0.1, -0.05) is 60.4 Å². The van der Waals surface area contributed by atoms with Gasteiger partial charge in [0.25, 0.3) is 0 Å². The molecule has 0 fully saturated rings. The molecule has 0 atom stereocenters. The number of rotatable bonds is 5. The molecule has 0 bridgehead atoms. The topological polar surface area (TPSA) is 9.23 Å². The average Bonchev–Trinajstić information content (AvgIpc) is 2.61. The molecule has 0 aliphatic heterocycles. The lowest BCUT2D eigenvalue weighted by Gasteiger charge is -2.06. The van der Waals surface area contributed by atoms with Crippen molar-refractivity contribution in [3.63, 3.8) is 0 Å². The molecule has 3 aromatic carbocycles. The van der Waals surface area contributed by atoms with Crippen molar-refractivity contribution in [1.29, 1.82) is 0 Å². The third-order valence-corrected chi connectivity index (χ3v) is 3.69. The van der Waals surface area contributed by atoms with Gasteiger partial charge in [0.05, 0.1) is 6.61 Å². The molecule has 0 heterocycles. The minimum absolute atomic E-state index is 0.741. The Labute approximate surface area is 137 Å². The van der Waals surface area contributed by atoms with Crippen molar-refractivity contribution in [2.24, 2.45) is 0 Å². The first-order chi connectivity index (χ1) is 11.4. The summed E-state index contributed by atoms with van der Waals surface area (Å²) in [4.78, 5) is 0. The van der Waals surface area contributed by atoms with Gasteiger partial charge in [-0.15, -0.1) is 0 Å². The van der Waals surface area contributed by atoms with Gasteiger partial charge < -0.3 is 4.74 Å². The highest BCUT2D eigenvalue weighted by atomic mass is 16.5. The van der Waals surface area contributed by atoms with Crippen LogP contribution in [0.25, 0.3) is 10.8 Å². The SMILES string of the molecule is C(#Cc1ccccc1)CCCCOc1ccc2ccccc2c1. The van der Waals surface area contributed by atoms with Gasteiger partial charge in [-0.25, -0.2) is 0 Å². The van der Waals surface area contributed by atoms with Crippen LogP contribution in [0, 0.1) is 11.8 Å². The lowest BCUT2D eigenvalue weighted by Crippen LogP contribution is -1.96. The van der Waals surface area contributed by atoms with Gasteiger partial charge in [0.1, 0.15) is 5.75 Å². The van der Waals surface area contributed by atoms with Crippen molar-refractivity contribution < 1.29 is 4.74 Å². The fraction of sp³-hybridized carbons (Fsp3) is 0.182. The smallest absolute Gasteiger partial charge is 0.119 e. The molecule has 0 unspecified atom stereocenters. The molecule has 1 nitrogen and oxygen atoms in total. The summed E-state index contributed by atoms with van der Waals surface area (Å²) in [6.07, 6.45) is 3.00. The highest BCUT2D eigenvalue weighted by Crippen LogP contribution is 2.20. The van der Waals surface area contributed by atoms with Gasteiger partial charge >= 0.3 is 0 Å². The third-order valence-electron chi connectivity index (χ3n) is 3.69. The number of fused-ring (bicyclic) bond motifs is 1. The maximum absolute atomic E-state index is 5.83. The molecule has 3 aromatic rings. The Balaban J connectivity index is 1.40. The van der Waals surface area contributed by atoms with Crippen LogP contribution in [0.4, 0.5) is 0 Å². The van der Waals surface area contributed by atoms with E-state index in [4.69, 9.17) is 4.74 Å². The molecule has 0 spiro atoms. The van der Waals surface area contributed by atoms with E-state index in [9.17, 15) is 0 Å². The van der Waals surface area contributed by atoms with Crippen LogP contribution >= 0.6 is 0 Å². The van der Waals surface area contributed by atoms with Gasteiger partial charge in [0.15, 0.2) is 0 Å². The second-order valence-electron chi connectivity index (χ2n) is 5.48. The first kappa shape index (κ1) is 15.2. The zero-order valence-corrected chi connectivity index (χ0v) is 13.2. The molecule has 0 saturated heterocycles. The van der Waals surface area contributed by atoms with Gasteiger partial charge in [0, 0.05) is 12.0 Å². The second-order valence-corrected chi connectivity index (χ2v) is 5.48. The van der Waals surface area contributed by atoms with E-state index in [1.54, 1.807) is 0 Å². The number of unbranched alkanes of at least 4 members (excludes halogenated alkanes) is 2.